The lowest BCUT2D eigenvalue weighted by Crippen LogP contribution is -2.53. The van der Waals surface area contributed by atoms with Gasteiger partial charge in [0.2, 0.25) is 10.0 Å². The number of piperazine rings is 1. The minimum atomic E-state index is -3.96. The topological polar surface area (TPSA) is 90.0 Å². The molecule has 32 heavy (non-hydrogen) atoms. The van der Waals surface area contributed by atoms with E-state index in [1.54, 1.807) is 0 Å². The SMILES string of the molecule is O=C1NC2(CCCCCCC2)C(=O)N1CN1CCN(S(=O)(=O)c2ccc(F)c(F)c2)CC1. The third-order valence-corrected chi connectivity index (χ3v) is 8.55. The summed E-state index contributed by atoms with van der Waals surface area (Å²) in [5.41, 5.74) is -0.810. The molecule has 8 nitrogen and oxygen atoms in total. The zero-order valence-corrected chi connectivity index (χ0v) is 18.7. The lowest BCUT2D eigenvalue weighted by molar-refractivity contribution is -0.133. The number of halogens is 2. The van der Waals surface area contributed by atoms with E-state index in [9.17, 15) is 26.8 Å². The summed E-state index contributed by atoms with van der Waals surface area (Å²) in [4.78, 5) is 28.5. The van der Waals surface area contributed by atoms with Crippen LogP contribution in [0, 0.1) is 11.6 Å². The van der Waals surface area contributed by atoms with E-state index in [-0.39, 0.29) is 30.6 Å². The minimum absolute atomic E-state index is 0.103. The molecule has 1 spiro atoms. The number of rotatable bonds is 4. The number of sulfonamides is 1. The van der Waals surface area contributed by atoms with Gasteiger partial charge in [0, 0.05) is 26.2 Å². The van der Waals surface area contributed by atoms with Gasteiger partial charge in [0.1, 0.15) is 5.54 Å². The van der Waals surface area contributed by atoms with Crippen LogP contribution in [0.25, 0.3) is 0 Å². The van der Waals surface area contributed by atoms with E-state index in [0.29, 0.717) is 32.0 Å². The van der Waals surface area contributed by atoms with Gasteiger partial charge in [-0.2, -0.15) is 4.31 Å². The van der Waals surface area contributed by atoms with Gasteiger partial charge in [-0.3, -0.25) is 9.69 Å². The molecule has 3 aliphatic rings. The molecule has 1 aromatic carbocycles. The van der Waals surface area contributed by atoms with Crippen molar-refractivity contribution < 1.29 is 26.8 Å². The van der Waals surface area contributed by atoms with Crippen LogP contribution in [0.1, 0.15) is 44.9 Å². The Morgan fingerprint density at radius 2 is 1.53 bits per heavy atom. The van der Waals surface area contributed by atoms with Crippen molar-refractivity contribution in [1.29, 1.82) is 0 Å². The van der Waals surface area contributed by atoms with E-state index in [4.69, 9.17) is 0 Å². The van der Waals surface area contributed by atoms with Crippen molar-refractivity contribution in [3.8, 4) is 0 Å². The van der Waals surface area contributed by atoms with Gasteiger partial charge < -0.3 is 5.32 Å². The fourth-order valence-electron chi connectivity index (χ4n) is 4.75. The maximum absolute atomic E-state index is 13.5. The van der Waals surface area contributed by atoms with Crippen LogP contribution in [0.4, 0.5) is 13.6 Å². The molecular formula is C21H28F2N4O4S. The highest BCUT2D eigenvalue weighted by Crippen LogP contribution is 2.32. The summed E-state index contributed by atoms with van der Waals surface area (Å²) in [7, 11) is -3.96. The molecule has 2 aliphatic heterocycles. The van der Waals surface area contributed by atoms with Crippen molar-refractivity contribution in [2.24, 2.45) is 0 Å². The van der Waals surface area contributed by atoms with Gasteiger partial charge in [0.05, 0.1) is 11.6 Å². The molecule has 2 saturated heterocycles. The van der Waals surface area contributed by atoms with Gasteiger partial charge in [-0.1, -0.05) is 32.1 Å². The van der Waals surface area contributed by atoms with Crippen LogP contribution in [-0.2, 0) is 14.8 Å². The van der Waals surface area contributed by atoms with Crippen LogP contribution in [0.5, 0.6) is 0 Å². The van der Waals surface area contributed by atoms with Crippen LogP contribution in [-0.4, -0.2) is 72.8 Å². The highest BCUT2D eigenvalue weighted by atomic mass is 32.2. The molecule has 0 unspecified atom stereocenters. The predicted molar refractivity (Wildman–Crippen MR) is 112 cm³/mol. The van der Waals surface area contributed by atoms with Crippen molar-refractivity contribution in [3.05, 3.63) is 29.8 Å². The number of amides is 3. The Bertz CT molecular complexity index is 988. The summed E-state index contributed by atoms with van der Waals surface area (Å²) < 4.78 is 53.4. The summed E-state index contributed by atoms with van der Waals surface area (Å²) in [6.07, 6.45) is 6.36. The molecule has 3 amide bonds. The molecule has 11 heteroatoms. The molecule has 176 valence electrons. The fraction of sp³-hybridized carbons (Fsp3) is 0.619. The second-order valence-corrected chi connectivity index (χ2v) is 10.7. The molecule has 1 aliphatic carbocycles. The predicted octanol–water partition coefficient (Wildman–Crippen LogP) is 2.26. The standard InChI is InChI=1S/C21H28F2N4O4S/c22-17-7-6-16(14-18(17)23)32(30,31)26-12-10-25(11-13-26)15-27-19(28)21(24-20(27)29)8-4-2-1-3-5-9-21/h6-7,14H,1-5,8-13,15H2,(H,24,29). The summed E-state index contributed by atoms with van der Waals surface area (Å²) in [5, 5.41) is 2.93. The zero-order chi connectivity index (χ0) is 22.9. The van der Waals surface area contributed by atoms with Gasteiger partial charge in [0.25, 0.3) is 5.91 Å². The van der Waals surface area contributed by atoms with Crippen LogP contribution in [0.3, 0.4) is 0 Å². The van der Waals surface area contributed by atoms with Gasteiger partial charge in [-0.15, -0.1) is 0 Å². The third-order valence-electron chi connectivity index (χ3n) is 6.65. The van der Waals surface area contributed by atoms with Crippen molar-refractivity contribution in [2.75, 3.05) is 32.8 Å². The maximum Gasteiger partial charge on any atom is 0.326 e. The Kier molecular flexibility index (Phi) is 6.51. The largest absolute Gasteiger partial charge is 0.326 e. The second kappa shape index (κ2) is 9.03. The number of imide groups is 1. The number of urea groups is 1. The second-order valence-electron chi connectivity index (χ2n) is 8.75. The normalized spacial score (nSPS) is 23.2. The van der Waals surface area contributed by atoms with Gasteiger partial charge in [-0.05, 0) is 31.0 Å². The van der Waals surface area contributed by atoms with Crippen molar-refractivity contribution in [3.63, 3.8) is 0 Å². The average molecular weight is 471 g/mol. The van der Waals surface area contributed by atoms with Gasteiger partial charge >= 0.3 is 6.03 Å². The Morgan fingerprint density at radius 3 is 2.16 bits per heavy atom. The average Bonchev–Trinajstić information content (AvgIpc) is 2.98. The quantitative estimate of drug-likeness (QED) is 0.682. The monoisotopic (exact) mass is 470 g/mol. The first-order valence-electron chi connectivity index (χ1n) is 11.0. The summed E-state index contributed by atoms with van der Waals surface area (Å²) in [6.45, 7) is 0.970. The van der Waals surface area contributed by atoms with Crippen molar-refractivity contribution in [2.45, 2.75) is 55.4 Å². The van der Waals surface area contributed by atoms with E-state index in [0.717, 1.165) is 44.2 Å². The lowest BCUT2D eigenvalue weighted by Gasteiger charge is -2.35. The molecule has 0 radical (unpaired) electrons. The van der Waals surface area contributed by atoms with Crippen LogP contribution >= 0.6 is 0 Å². The summed E-state index contributed by atoms with van der Waals surface area (Å²) >= 11 is 0. The molecule has 1 N–H and O–H groups in total. The van der Waals surface area contributed by atoms with E-state index in [2.05, 4.69) is 5.32 Å². The molecule has 2 heterocycles. The Labute approximate surface area is 186 Å². The molecule has 0 bridgehead atoms. The molecule has 0 aromatic heterocycles. The number of benzene rings is 1. The molecule has 0 atom stereocenters. The highest BCUT2D eigenvalue weighted by Gasteiger charge is 2.50. The third kappa shape index (κ3) is 4.38. The van der Waals surface area contributed by atoms with E-state index in [1.165, 1.54) is 9.21 Å². The number of nitrogens with one attached hydrogen (secondary N) is 1. The number of hydrogen-bond acceptors (Lipinski definition) is 5. The van der Waals surface area contributed by atoms with E-state index in [1.807, 2.05) is 4.90 Å². The first-order valence-corrected chi connectivity index (χ1v) is 12.5. The maximum atomic E-state index is 13.5. The van der Waals surface area contributed by atoms with Crippen LogP contribution < -0.4 is 5.32 Å². The van der Waals surface area contributed by atoms with Crippen LogP contribution in [0.15, 0.2) is 23.1 Å². The Hall–Kier alpha value is -2.11. The molecule has 1 saturated carbocycles. The number of carbonyl (C=O) groups excluding carboxylic acids is 2. The number of hydrogen-bond donors (Lipinski definition) is 1. The Balaban J connectivity index is 1.38. The molecular weight excluding hydrogens is 442 g/mol. The Morgan fingerprint density at radius 1 is 0.906 bits per heavy atom. The lowest BCUT2D eigenvalue weighted by atomic mass is 9.84. The van der Waals surface area contributed by atoms with E-state index >= 15 is 0 Å². The van der Waals surface area contributed by atoms with Gasteiger partial charge in [0.15, 0.2) is 11.6 Å². The molecule has 1 aromatic rings. The smallest absolute Gasteiger partial charge is 0.323 e. The summed E-state index contributed by atoms with van der Waals surface area (Å²) in [5.74, 6) is -2.52. The molecule has 4 rings (SSSR count). The zero-order valence-electron chi connectivity index (χ0n) is 17.9. The molecule has 3 fully saturated rings. The van der Waals surface area contributed by atoms with Gasteiger partial charge in [-0.25, -0.2) is 26.9 Å². The van der Waals surface area contributed by atoms with Crippen molar-refractivity contribution >= 4 is 22.0 Å². The number of carbonyl (C=O) groups is 2. The highest BCUT2D eigenvalue weighted by molar-refractivity contribution is 7.89. The fourth-order valence-corrected chi connectivity index (χ4v) is 6.18. The van der Waals surface area contributed by atoms with E-state index < -0.39 is 33.2 Å². The summed E-state index contributed by atoms with van der Waals surface area (Å²) in [6, 6.07) is 2.12. The van der Waals surface area contributed by atoms with Crippen LogP contribution in [0.2, 0.25) is 0 Å². The first kappa shape index (κ1) is 23.1. The number of nitrogens with zero attached hydrogens (tertiary/aromatic N) is 3. The minimum Gasteiger partial charge on any atom is -0.323 e. The first-order chi connectivity index (χ1) is 15.2. The van der Waals surface area contributed by atoms with Crippen molar-refractivity contribution in [1.82, 2.24) is 19.4 Å².